The Labute approximate surface area is 132 Å². The number of nitrogens with one attached hydrogen (secondary N) is 1. The van der Waals surface area contributed by atoms with Crippen LogP contribution in [0.1, 0.15) is 55.6 Å². The van der Waals surface area contributed by atoms with E-state index in [1.54, 1.807) is 0 Å². The van der Waals surface area contributed by atoms with E-state index in [9.17, 15) is 4.79 Å². The average molecular weight is 306 g/mol. The number of aryl methyl sites for hydroxylation is 1. The molecule has 1 atom stereocenters. The SMILES string of the molecule is O=C(NCC1(CCl)CCCC1)C1CCCc2ccccc21. The van der Waals surface area contributed by atoms with Crippen molar-refractivity contribution in [2.75, 3.05) is 12.4 Å². The highest BCUT2D eigenvalue weighted by Gasteiger charge is 2.34. The zero-order valence-electron chi connectivity index (χ0n) is 12.5. The van der Waals surface area contributed by atoms with E-state index in [4.69, 9.17) is 11.6 Å². The second-order valence-electron chi connectivity index (χ2n) is 6.70. The molecule has 1 aromatic rings. The molecule has 1 N–H and O–H groups in total. The maximum absolute atomic E-state index is 12.6. The summed E-state index contributed by atoms with van der Waals surface area (Å²) in [6, 6.07) is 8.39. The molecule has 0 aromatic heterocycles. The van der Waals surface area contributed by atoms with Gasteiger partial charge in [-0.3, -0.25) is 4.79 Å². The maximum atomic E-state index is 12.6. The number of rotatable bonds is 4. The molecule has 114 valence electrons. The molecule has 0 radical (unpaired) electrons. The molecule has 0 bridgehead atoms. The average Bonchev–Trinajstić information content (AvgIpc) is 3.01. The van der Waals surface area contributed by atoms with Gasteiger partial charge in [0, 0.05) is 17.8 Å². The first-order chi connectivity index (χ1) is 10.2. The van der Waals surface area contributed by atoms with Gasteiger partial charge in [0.25, 0.3) is 0 Å². The predicted molar refractivity (Wildman–Crippen MR) is 86.8 cm³/mol. The van der Waals surface area contributed by atoms with Gasteiger partial charge in [-0.15, -0.1) is 11.6 Å². The third-order valence-electron chi connectivity index (χ3n) is 5.27. The van der Waals surface area contributed by atoms with Crippen molar-refractivity contribution in [3.8, 4) is 0 Å². The van der Waals surface area contributed by atoms with E-state index in [0.29, 0.717) is 5.88 Å². The zero-order valence-corrected chi connectivity index (χ0v) is 13.3. The van der Waals surface area contributed by atoms with Gasteiger partial charge in [0.05, 0.1) is 5.92 Å². The quantitative estimate of drug-likeness (QED) is 0.836. The van der Waals surface area contributed by atoms with Gasteiger partial charge in [-0.1, -0.05) is 37.1 Å². The van der Waals surface area contributed by atoms with Crippen LogP contribution < -0.4 is 5.32 Å². The fraction of sp³-hybridized carbons (Fsp3) is 0.611. The highest BCUT2D eigenvalue weighted by molar-refractivity contribution is 6.18. The molecular weight excluding hydrogens is 282 g/mol. The Hall–Kier alpha value is -1.02. The molecule has 1 aromatic carbocycles. The fourth-order valence-electron chi connectivity index (χ4n) is 3.91. The van der Waals surface area contributed by atoms with Crippen molar-refractivity contribution in [3.63, 3.8) is 0 Å². The van der Waals surface area contributed by atoms with Gasteiger partial charge in [0.15, 0.2) is 0 Å². The lowest BCUT2D eigenvalue weighted by Crippen LogP contribution is -2.40. The second-order valence-corrected chi connectivity index (χ2v) is 6.97. The van der Waals surface area contributed by atoms with E-state index in [-0.39, 0.29) is 17.2 Å². The lowest BCUT2D eigenvalue weighted by atomic mass is 9.82. The minimum atomic E-state index is 0.0312. The summed E-state index contributed by atoms with van der Waals surface area (Å²) in [7, 11) is 0. The monoisotopic (exact) mass is 305 g/mol. The fourth-order valence-corrected chi connectivity index (χ4v) is 4.27. The molecular formula is C18H24ClNO. The number of amides is 1. The molecule has 21 heavy (non-hydrogen) atoms. The zero-order chi connectivity index (χ0) is 14.7. The Balaban J connectivity index is 1.66. The Kier molecular flexibility index (Phi) is 4.54. The molecule has 0 saturated heterocycles. The Morgan fingerprint density at radius 1 is 1.24 bits per heavy atom. The van der Waals surface area contributed by atoms with Crippen LogP contribution in [0.15, 0.2) is 24.3 Å². The maximum Gasteiger partial charge on any atom is 0.227 e. The first kappa shape index (κ1) is 14.9. The number of halogens is 1. The molecule has 3 rings (SSSR count). The molecule has 2 nitrogen and oxygen atoms in total. The summed E-state index contributed by atoms with van der Waals surface area (Å²) in [6.07, 6.45) is 7.97. The molecule has 0 aliphatic heterocycles. The summed E-state index contributed by atoms with van der Waals surface area (Å²) in [6.45, 7) is 0.744. The highest BCUT2D eigenvalue weighted by Crippen LogP contribution is 2.39. The molecule has 1 amide bonds. The van der Waals surface area contributed by atoms with E-state index in [1.165, 1.54) is 24.0 Å². The van der Waals surface area contributed by atoms with Crippen molar-refractivity contribution in [2.24, 2.45) is 5.41 Å². The van der Waals surface area contributed by atoms with Crippen LogP contribution in [-0.4, -0.2) is 18.3 Å². The van der Waals surface area contributed by atoms with Crippen LogP contribution in [0.2, 0.25) is 0 Å². The third-order valence-corrected chi connectivity index (χ3v) is 5.84. The number of hydrogen-bond acceptors (Lipinski definition) is 1. The van der Waals surface area contributed by atoms with E-state index in [0.717, 1.165) is 38.6 Å². The normalized spacial score (nSPS) is 23.6. The molecule has 2 aliphatic rings. The van der Waals surface area contributed by atoms with Gasteiger partial charge in [-0.05, 0) is 43.2 Å². The molecule has 2 aliphatic carbocycles. The summed E-state index contributed by atoms with van der Waals surface area (Å²) in [4.78, 5) is 12.6. The van der Waals surface area contributed by atoms with Crippen molar-refractivity contribution in [1.29, 1.82) is 0 Å². The van der Waals surface area contributed by atoms with Crippen molar-refractivity contribution >= 4 is 17.5 Å². The molecule has 1 unspecified atom stereocenters. The second kappa shape index (κ2) is 6.39. The van der Waals surface area contributed by atoms with Crippen molar-refractivity contribution < 1.29 is 4.79 Å². The predicted octanol–water partition coefficient (Wildman–Crippen LogP) is 4.02. The first-order valence-corrected chi connectivity index (χ1v) is 8.69. The van der Waals surface area contributed by atoms with E-state index in [2.05, 4.69) is 23.5 Å². The van der Waals surface area contributed by atoms with Gasteiger partial charge < -0.3 is 5.32 Å². The standard InChI is InChI=1S/C18H24ClNO/c19-12-18(10-3-4-11-18)13-20-17(21)16-9-5-7-14-6-1-2-8-15(14)16/h1-2,6,8,16H,3-5,7,9-13H2,(H,20,21). The minimum absolute atomic E-state index is 0.0312. The van der Waals surface area contributed by atoms with Crippen LogP contribution in [0.5, 0.6) is 0 Å². The van der Waals surface area contributed by atoms with Crippen LogP contribution in [0.4, 0.5) is 0 Å². The number of hydrogen-bond donors (Lipinski definition) is 1. The van der Waals surface area contributed by atoms with Gasteiger partial charge in [-0.25, -0.2) is 0 Å². The van der Waals surface area contributed by atoms with E-state index >= 15 is 0 Å². The number of carbonyl (C=O) groups is 1. The number of alkyl halides is 1. The number of carbonyl (C=O) groups excluding carboxylic acids is 1. The van der Waals surface area contributed by atoms with Crippen LogP contribution in [0, 0.1) is 5.41 Å². The van der Waals surface area contributed by atoms with Crippen molar-refractivity contribution in [2.45, 2.75) is 50.9 Å². The minimum Gasteiger partial charge on any atom is -0.355 e. The Morgan fingerprint density at radius 3 is 2.76 bits per heavy atom. The Morgan fingerprint density at radius 2 is 2.00 bits per heavy atom. The van der Waals surface area contributed by atoms with Crippen LogP contribution in [0.3, 0.4) is 0 Å². The molecule has 0 heterocycles. The van der Waals surface area contributed by atoms with Gasteiger partial charge in [0.1, 0.15) is 0 Å². The van der Waals surface area contributed by atoms with Crippen LogP contribution >= 0.6 is 11.6 Å². The summed E-state index contributed by atoms with van der Waals surface area (Å²) in [5, 5.41) is 3.20. The number of fused-ring (bicyclic) bond motifs is 1. The van der Waals surface area contributed by atoms with Gasteiger partial charge in [0.2, 0.25) is 5.91 Å². The molecule has 1 fully saturated rings. The molecule has 0 spiro atoms. The van der Waals surface area contributed by atoms with Gasteiger partial charge in [-0.2, -0.15) is 0 Å². The first-order valence-electron chi connectivity index (χ1n) is 8.16. The Bertz CT molecular complexity index is 508. The van der Waals surface area contributed by atoms with Crippen molar-refractivity contribution in [3.05, 3.63) is 35.4 Å². The molecule has 3 heteroatoms. The lowest BCUT2D eigenvalue weighted by molar-refractivity contribution is -0.123. The lowest BCUT2D eigenvalue weighted by Gasteiger charge is -2.29. The number of benzene rings is 1. The van der Waals surface area contributed by atoms with Crippen molar-refractivity contribution in [1.82, 2.24) is 5.32 Å². The van der Waals surface area contributed by atoms with E-state index in [1.807, 2.05) is 6.07 Å². The van der Waals surface area contributed by atoms with Crippen LogP contribution in [-0.2, 0) is 11.2 Å². The summed E-state index contributed by atoms with van der Waals surface area (Å²) >= 11 is 6.16. The van der Waals surface area contributed by atoms with E-state index < -0.39 is 0 Å². The topological polar surface area (TPSA) is 29.1 Å². The summed E-state index contributed by atoms with van der Waals surface area (Å²) < 4.78 is 0. The van der Waals surface area contributed by atoms with Crippen LogP contribution in [0.25, 0.3) is 0 Å². The summed E-state index contributed by atoms with van der Waals surface area (Å²) in [5.41, 5.74) is 2.72. The third kappa shape index (κ3) is 3.11. The smallest absolute Gasteiger partial charge is 0.227 e. The largest absolute Gasteiger partial charge is 0.355 e. The summed E-state index contributed by atoms with van der Waals surface area (Å²) in [5.74, 6) is 0.886. The van der Waals surface area contributed by atoms with Gasteiger partial charge >= 0.3 is 0 Å². The highest BCUT2D eigenvalue weighted by atomic mass is 35.5. The molecule has 1 saturated carbocycles.